The molecule has 1 saturated carbocycles. The van der Waals surface area contributed by atoms with Gasteiger partial charge in [-0.25, -0.2) is 0 Å². The van der Waals surface area contributed by atoms with Crippen LogP contribution in [0.5, 0.6) is 0 Å². The van der Waals surface area contributed by atoms with Crippen molar-refractivity contribution in [2.24, 2.45) is 10.4 Å². The second-order valence-corrected chi connectivity index (χ2v) is 9.39. The zero-order chi connectivity index (χ0) is 21.6. The van der Waals surface area contributed by atoms with Gasteiger partial charge in [0, 0.05) is 6.54 Å². The molecule has 2 amide bonds. The SMILES string of the molecule is CCCCC(NC(=O)C1CCCN1C(=O)C(NC)C(C)(C)C)C(=O)C=NC1CC1. The summed E-state index contributed by atoms with van der Waals surface area (Å²) in [5.74, 6) is -0.421. The Morgan fingerprint density at radius 1 is 1.21 bits per heavy atom. The van der Waals surface area contributed by atoms with Crippen LogP contribution >= 0.6 is 0 Å². The average molecular weight is 407 g/mol. The van der Waals surface area contributed by atoms with Gasteiger partial charge in [-0.2, -0.15) is 0 Å². The van der Waals surface area contributed by atoms with Crippen LogP contribution in [0.15, 0.2) is 4.99 Å². The fourth-order valence-corrected chi connectivity index (χ4v) is 3.85. The van der Waals surface area contributed by atoms with E-state index in [2.05, 4.69) is 22.5 Å². The molecule has 0 radical (unpaired) electrons. The number of ketones is 1. The first-order valence-corrected chi connectivity index (χ1v) is 11.0. The summed E-state index contributed by atoms with van der Waals surface area (Å²) >= 11 is 0. The third kappa shape index (κ3) is 6.63. The number of carbonyl (C=O) groups excluding carboxylic acids is 3. The average Bonchev–Trinajstić information content (AvgIpc) is 3.35. The molecule has 164 valence electrons. The minimum atomic E-state index is -0.565. The van der Waals surface area contributed by atoms with Crippen LogP contribution in [0.3, 0.4) is 0 Å². The molecule has 2 fully saturated rings. The predicted molar refractivity (Wildman–Crippen MR) is 115 cm³/mol. The molecule has 0 aromatic heterocycles. The number of unbranched alkanes of at least 4 members (excludes halogenated alkanes) is 1. The molecule has 29 heavy (non-hydrogen) atoms. The number of likely N-dealkylation sites (N-methyl/N-ethyl adjacent to an activating group) is 1. The number of likely N-dealkylation sites (tertiary alicyclic amines) is 1. The van der Waals surface area contributed by atoms with E-state index in [-0.39, 0.29) is 35.1 Å². The van der Waals surface area contributed by atoms with Crippen LogP contribution in [-0.4, -0.2) is 66.5 Å². The smallest absolute Gasteiger partial charge is 0.243 e. The van der Waals surface area contributed by atoms with E-state index < -0.39 is 12.1 Å². The maximum Gasteiger partial charge on any atom is 0.243 e. The van der Waals surface area contributed by atoms with Crippen LogP contribution in [0.4, 0.5) is 0 Å². The van der Waals surface area contributed by atoms with Gasteiger partial charge < -0.3 is 15.5 Å². The van der Waals surface area contributed by atoms with E-state index in [1.54, 1.807) is 11.9 Å². The van der Waals surface area contributed by atoms with Gasteiger partial charge in [0.15, 0.2) is 5.78 Å². The van der Waals surface area contributed by atoms with Crippen molar-refractivity contribution in [1.29, 1.82) is 0 Å². The molecule has 2 rings (SSSR count). The molecule has 0 spiro atoms. The lowest BCUT2D eigenvalue weighted by atomic mass is 9.86. The Kier molecular flexibility index (Phi) is 8.37. The van der Waals surface area contributed by atoms with Crippen LogP contribution < -0.4 is 10.6 Å². The van der Waals surface area contributed by atoms with Gasteiger partial charge in [-0.05, 0) is 44.6 Å². The number of rotatable bonds is 10. The standard InChI is InChI=1S/C22H38N4O3/c1-6-7-9-16(18(27)14-24-15-11-12-15)25-20(28)17-10-8-13-26(17)21(29)19(23-5)22(2,3)4/h14-17,19,23H,6-13H2,1-5H3,(H,25,28). The molecule has 0 aromatic carbocycles. The molecule has 3 atom stereocenters. The summed E-state index contributed by atoms with van der Waals surface area (Å²) in [7, 11) is 1.78. The Hall–Kier alpha value is -1.76. The molecule has 1 aliphatic heterocycles. The third-order valence-corrected chi connectivity index (χ3v) is 5.71. The minimum absolute atomic E-state index is 0.0515. The summed E-state index contributed by atoms with van der Waals surface area (Å²) < 4.78 is 0. The maximum absolute atomic E-state index is 13.1. The summed E-state index contributed by atoms with van der Waals surface area (Å²) in [6.45, 7) is 8.66. The molecule has 2 aliphatic rings. The molecule has 7 nitrogen and oxygen atoms in total. The first kappa shape index (κ1) is 23.5. The summed E-state index contributed by atoms with van der Waals surface area (Å²) in [4.78, 5) is 44.7. The predicted octanol–water partition coefficient (Wildman–Crippen LogP) is 2.09. The van der Waals surface area contributed by atoms with Crippen molar-refractivity contribution in [2.45, 2.75) is 96.8 Å². The Morgan fingerprint density at radius 2 is 1.90 bits per heavy atom. The second-order valence-electron chi connectivity index (χ2n) is 9.39. The first-order valence-electron chi connectivity index (χ1n) is 11.0. The highest BCUT2D eigenvalue weighted by molar-refractivity contribution is 6.30. The van der Waals surface area contributed by atoms with Gasteiger partial charge >= 0.3 is 0 Å². The van der Waals surface area contributed by atoms with Gasteiger partial charge in [0.25, 0.3) is 0 Å². The fraction of sp³-hybridized carbons (Fsp3) is 0.818. The van der Waals surface area contributed by atoms with Gasteiger partial charge in [0.05, 0.1) is 24.3 Å². The maximum atomic E-state index is 13.1. The zero-order valence-electron chi connectivity index (χ0n) is 18.7. The van der Waals surface area contributed by atoms with Gasteiger partial charge in [0.2, 0.25) is 11.8 Å². The lowest BCUT2D eigenvalue weighted by Crippen LogP contribution is -2.57. The summed E-state index contributed by atoms with van der Waals surface area (Å²) in [6.07, 6.45) is 7.29. The van der Waals surface area contributed by atoms with E-state index in [1.807, 2.05) is 20.8 Å². The normalized spacial score (nSPS) is 22.0. The molecule has 1 heterocycles. The van der Waals surface area contributed by atoms with Crippen molar-refractivity contribution < 1.29 is 14.4 Å². The van der Waals surface area contributed by atoms with Crippen molar-refractivity contribution in [1.82, 2.24) is 15.5 Å². The Labute approximate surface area is 175 Å². The van der Waals surface area contributed by atoms with E-state index in [1.165, 1.54) is 6.21 Å². The molecular formula is C22H38N4O3. The summed E-state index contributed by atoms with van der Waals surface area (Å²) in [5, 5.41) is 6.03. The topological polar surface area (TPSA) is 90.9 Å². The molecule has 0 aromatic rings. The highest BCUT2D eigenvalue weighted by atomic mass is 16.2. The number of amides is 2. The van der Waals surface area contributed by atoms with Crippen molar-refractivity contribution >= 4 is 23.8 Å². The number of nitrogens with zero attached hydrogens (tertiary/aromatic N) is 2. The van der Waals surface area contributed by atoms with Crippen molar-refractivity contribution in [3.8, 4) is 0 Å². The molecule has 1 saturated heterocycles. The Balaban J connectivity index is 2.06. The van der Waals surface area contributed by atoms with Crippen molar-refractivity contribution in [2.75, 3.05) is 13.6 Å². The molecule has 3 unspecified atom stereocenters. The number of hydrogen-bond donors (Lipinski definition) is 2. The van der Waals surface area contributed by atoms with Crippen molar-refractivity contribution in [3.05, 3.63) is 0 Å². The van der Waals surface area contributed by atoms with E-state index in [4.69, 9.17) is 0 Å². The number of nitrogens with one attached hydrogen (secondary N) is 2. The minimum Gasteiger partial charge on any atom is -0.344 e. The Bertz CT molecular complexity index is 622. The van der Waals surface area contributed by atoms with E-state index in [0.717, 1.165) is 32.1 Å². The van der Waals surface area contributed by atoms with Gasteiger partial charge in [0.1, 0.15) is 6.04 Å². The fourth-order valence-electron chi connectivity index (χ4n) is 3.85. The molecule has 1 aliphatic carbocycles. The molecular weight excluding hydrogens is 368 g/mol. The summed E-state index contributed by atoms with van der Waals surface area (Å²) in [5.41, 5.74) is -0.256. The van der Waals surface area contributed by atoms with Crippen LogP contribution in [0.2, 0.25) is 0 Å². The van der Waals surface area contributed by atoms with Gasteiger partial charge in [-0.3, -0.25) is 19.4 Å². The van der Waals surface area contributed by atoms with Gasteiger partial charge in [-0.15, -0.1) is 0 Å². The monoisotopic (exact) mass is 406 g/mol. The highest BCUT2D eigenvalue weighted by Gasteiger charge is 2.41. The number of hydrogen-bond acceptors (Lipinski definition) is 5. The molecule has 7 heteroatoms. The zero-order valence-corrected chi connectivity index (χ0v) is 18.7. The summed E-state index contributed by atoms with van der Waals surface area (Å²) in [6, 6.07) is -1.16. The van der Waals surface area contributed by atoms with Gasteiger partial charge in [-0.1, -0.05) is 40.5 Å². The van der Waals surface area contributed by atoms with Crippen LogP contribution in [0.1, 0.15) is 72.6 Å². The Morgan fingerprint density at radius 3 is 2.45 bits per heavy atom. The largest absolute Gasteiger partial charge is 0.344 e. The molecule has 0 bridgehead atoms. The van der Waals surface area contributed by atoms with Crippen LogP contribution in [0.25, 0.3) is 0 Å². The highest BCUT2D eigenvalue weighted by Crippen LogP contribution is 2.26. The third-order valence-electron chi connectivity index (χ3n) is 5.71. The van der Waals surface area contributed by atoms with Crippen molar-refractivity contribution in [3.63, 3.8) is 0 Å². The lowest BCUT2D eigenvalue weighted by Gasteiger charge is -2.35. The van der Waals surface area contributed by atoms with E-state index in [0.29, 0.717) is 19.4 Å². The van der Waals surface area contributed by atoms with E-state index in [9.17, 15) is 14.4 Å². The lowest BCUT2D eigenvalue weighted by molar-refractivity contribution is -0.142. The molecule has 2 N–H and O–H groups in total. The second kappa shape index (κ2) is 10.3. The van der Waals surface area contributed by atoms with Crippen LogP contribution in [-0.2, 0) is 14.4 Å². The quantitative estimate of drug-likeness (QED) is 0.544. The number of aliphatic imine (C=N–C) groups is 1. The number of Topliss-reactive ketones (excluding diaryl/α,β-unsaturated/α-hetero) is 1. The van der Waals surface area contributed by atoms with Crippen LogP contribution in [0, 0.1) is 5.41 Å². The number of carbonyl (C=O) groups is 3. The van der Waals surface area contributed by atoms with E-state index >= 15 is 0 Å². The first-order chi connectivity index (χ1) is 13.7.